The second-order valence-electron chi connectivity index (χ2n) is 7.11. The van der Waals surface area contributed by atoms with Crippen LogP contribution in [0.4, 0.5) is 4.79 Å². The summed E-state index contributed by atoms with van der Waals surface area (Å²) in [5.74, 6) is 0.334. The van der Waals surface area contributed by atoms with Gasteiger partial charge in [0.05, 0.1) is 13.1 Å². The third-order valence-corrected chi connectivity index (χ3v) is 3.64. The molecule has 0 spiro atoms. The molecule has 1 N–H and O–H groups in total. The molecule has 1 amide bonds. The average Bonchev–Trinajstić information content (AvgIpc) is 2.32. The maximum atomic E-state index is 12.0. The Morgan fingerprint density at radius 3 is 2.38 bits per heavy atom. The van der Waals surface area contributed by atoms with Crippen LogP contribution in [0.25, 0.3) is 0 Å². The molecular formula is C17H25NO3. The Morgan fingerprint density at radius 1 is 1.29 bits per heavy atom. The summed E-state index contributed by atoms with van der Waals surface area (Å²) in [5.41, 5.74) is 0.571. The van der Waals surface area contributed by atoms with E-state index in [0.29, 0.717) is 5.92 Å². The molecule has 0 saturated carbocycles. The monoisotopic (exact) mass is 291 g/mol. The van der Waals surface area contributed by atoms with Crippen LogP contribution in [0, 0.1) is 0 Å². The Morgan fingerprint density at radius 2 is 1.86 bits per heavy atom. The Kier molecular flexibility index (Phi) is 4.02. The van der Waals surface area contributed by atoms with Crippen molar-refractivity contribution in [1.29, 1.82) is 0 Å². The largest absolute Gasteiger partial charge is 0.444 e. The molecule has 1 fully saturated rings. The maximum absolute atomic E-state index is 12.0. The summed E-state index contributed by atoms with van der Waals surface area (Å²) in [6.45, 7) is 10.3. The number of β-amino-alcohol motifs (C(OH)–C–C–N with tert-alkyl or cyclic N) is 1. The van der Waals surface area contributed by atoms with Crippen LogP contribution in [0.5, 0.6) is 0 Å². The summed E-state index contributed by atoms with van der Waals surface area (Å²) >= 11 is 0. The number of aliphatic hydroxyl groups is 1. The van der Waals surface area contributed by atoms with E-state index in [0.717, 1.165) is 11.1 Å². The lowest BCUT2D eigenvalue weighted by Gasteiger charge is -2.47. The number of carbonyl (C=O) groups is 1. The molecule has 0 atom stereocenters. The second kappa shape index (κ2) is 5.34. The lowest BCUT2D eigenvalue weighted by molar-refractivity contribution is -0.104. The van der Waals surface area contributed by atoms with Gasteiger partial charge in [0.1, 0.15) is 11.2 Å². The molecule has 4 nitrogen and oxygen atoms in total. The highest BCUT2D eigenvalue weighted by atomic mass is 16.6. The van der Waals surface area contributed by atoms with Crippen molar-refractivity contribution in [3.05, 3.63) is 35.4 Å². The summed E-state index contributed by atoms with van der Waals surface area (Å²) < 4.78 is 5.32. The van der Waals surface area contributed by atoms with Crippen molar-refractivity contribution in [1.82, 2.24) is 4.90 Å². The van der Waals surface area contributed by atoms with Gasteiger partial charge >= 0.3 is 6.09 Å². The van der Waals surface area contributed by atoms with Gasteiger partial charge in [-0.15, -0.1) is 0 Å². The first-order valence-electron chi connectivity index (χ1n) is 7.42. The molecule has 0 unspecified atom stereocenters. The van der Waals surface area contributed by atoms with Crippen LogP contribution in [-0.2, 0) is 10.3 Å². The molecule has 0 aliphatic carbocycles. The van der Waals surface area contributed by atoms with Crippen molar-refractivity contribution in [3.8, 4) is 0 Å². The van der Waals surface area contributed by atoms with Gasteiger partial charge in [0.15, 0.2) is 0 Å². The molecule has 0 radical (unpaired) electrons. The Labute approximate surface area is 126 Å². The second-order valence-corrected chi connectivity index (χ2v) is 7.11. The fourth-order valence-corrected chi connectivity index (χ4v) is 2.64. The molecule has 116 valence electrons. The van der Waals surface area contributed by atoms with E-state index < -0.39 is 11.2 Å². The minimum absolute atomic E-state index is 0.283. The Hall–Kier alpha value is -1.55. The molecule has 0 aromatic heterocycles. The fourth-order valence-electron chi connectivity index (χ4n) is 2.64. The molecule has 0 bridgehead atoms. The number of carbonyl (C=O) groups excluding carboxylic acids is 1. The van der Waals surface area contributed by atoms with Crippen molar-refractivity contribution in [2.75, 3.05) is 13.1 Å². The van der Waals surface area contributed by atoms with Gasteiger partial charge < -0.3 is 14.7 Å². The number of likely N-dealkylation sites (tertiary alicyclic amines) is 1. The fraction of sp³-hybridized carbons (Fsp3) is 0.588. The summed E-state index contributed by atoms with van der Waals surface area (Å²) in [6.07, 6.45) is -0.366. The van der Waals surface area contributed by atoms with E-state index in [1.807, 2.05) is 45.0 Å². The van der Waals surface area contributed by atoms with Crippen molar-refractivity contribution in [2.24, 2.45) is 0 Å². The van der Waals surface area contributed by atoms with Crippen LogP contribution in [0.3, 0.4) is 0 Å². The van der Waals surface area contributed by atoms with Gasteiger partial charge in [-0.1, -0.05) is 38.1 Å². The van der Waals surface area contributed by atoms with E-state index >= 15 is 0 Å². The van der Waals surface area contributed by atoms with Crippen LogP contribution in [0.15, 0.2) is 24.3 Å². The number of hydrogen-bond donors (Lipinski definition) is 1. The number of hydrogen-bond acceptors (Lipinski definition) is 3. The van der Waals surface area contributed by atoms with Crippen LogP contribution >= 0.6 is 0 Å². The predicted octanol–water partition coefficient (Wildman–Crippen LogP) is 3.25. The SMILES string of the molecule is CC(C)c1ccccc1C1(O)CN(C(=O)OC(C)(C)C)C1. The minimum Gasteiger partial charge on any atom is -0.444 e. The number of rotatable bonds is 2. The Balaban J connectivity index is 2.10. The van der Waals surface area contributed by atoms with Crippen LogP contribution in [0.2, 0.25) is 0 Å². The van der Waals surface area contributed by atoms with E-state index in [1.54, 1.807) is 4.90 Å². The molecule has 1 heterocycles. The number of benzene rings is 1. The van der Waals surface area contributed by atoms with Crippen LogP contribution in [0.1, 0.15) is 51.7 Å². The highest BCUT2D eigenvalue weighted by molar-refractivity contribution is 5.70. The minimum atomic E-state index is -0.961. The molecule has 1 aliphatic heterocycles. The molecule has 2 rings (SSSR count). The van der Waals surface area contributed by atoms with Crippen molar-refractivity contribution < 1.29 is 14.6 Å². The van der Waals surface area contributed by atoms with E-state index in [4.69, 9.17) is 4.74 Å². The normalized spacial score (nSPS) is 17.6. The zero-order valence-electron chi connectivity index (χ0n) is 13.5. The van der Waals surface area contributed by atoms with Crippen molar-refractivity contribution in [2.45, 2.75) is 51.7 Å². The quantitative estimate of drug-likeness (QED) is 0.910. The van der Waals surface area contributed by atoms with Gasteiger partial charge in [-0.25, -0.2) is 4.79 Å². The highest BCUT2D eigenvalue weighted by Crippen LogP contribution is 2.37. The zero-order valence-corrected chi connectivity index (χ0v) is 13.5. The number of amides is 1. The number of nitrogens with zero attached hydrogens (tertiary/aromatic N) is 1. The lowest BCUT2D eigenvalue weighted by Crippen LogP contribution is -2.62. The smallest absolute Gasteiger partial charge is 0.410 e. The van der Waals surface area contributed by atoms with Crippen LogP contribution < -0.4 is 0 Å². The summed E-state index contributed by atoms with van der Waals surface area (Å²) in [6, 6.07) is 7.89. The highest BCUT2D eigenvalue weighted by Gasteiger charge is 2.47. The van der Waals surface area contributed by atoms with E-state index in [9.17, 15) is 9.90 Å². The lowest BCUT2D eigenvalue weighted by atomic mass is 9.81. The van der Waals surface area contributed by atoms with Gasteiger partial charge in [-0.2, -0.15) is 0 Å². The first kappa shape index (κ1) is 15.8. The van der Waals surface area contributed by atoms with Crippen molar-refractivity contribution >= 4 is 6.09 Å². The summed E-state index contributed by atoms with van der Waals surface area (Å²) in [4.78, 5) is 13.5. The zero-order chi connectivity index (χ0) is 15.8. The first-order valence-corrected chi connectivity index (χ1v) is 7.42. The van der Waals surface area contributed by atoms with E-state index in [-0.39, 0.29) is 19.2 Å². The van der Waals surface area contributed by atoms with E-state index in [1.165, 1.54) is 0 Å². The standard InChI is InChI=1S/C17H25NO3/c1-12(2)13-8-6-7-9-14(13)17(20)10-18(11-17)15(19)21-16(3,4)5/h6-9,12,20H,10-11H2,1-5H3. The topological polar surface area (TPSA) is 49.8 Å². The molecular weight excluding hydrogens is 266 g/mol. The molecule has 1 aromatic carbocycles. The summed E-state index contributed by atoms with van der Waals surface area (Å²) in [7, 11) is 0. The maximum Gasteiger partial charge on any atom is 0.410 e. The van der Waals surface area contributed by atoms with Gasteiger partial charge in [-0.3, -0.25) is 0 Å². The van der Waals surface area contributed by atoms with E-state index in [2.05, 4.69) is 13.8 Å². The molecule has 1 aliphatic rings. The number of ether oxygens (including phenoxy) is 1. The van der Waals surface area contributed by atoms with Crippen LogP contribution in [-0.4, -0.2) is 34.8 Å². The molecule has 4 heteroatoms. The third-order valence-electron chi connectivity index (χ3n) is 3.64. The molecule has 1 saturated heterocycles. The third kappa shape index (κ3) is 3.38. The molecule has 1 aromatic rings. The van der Waals surface area contributed by atoms with Crippen molar-refractivity contribution in [3.63, 3.8) is 0 Å². The average molecular weight is 291 g/mol. The molecule has 21 heavy (non-hydrogen) atoms. The van der Waals surface area contributed by atoms with Gasteiger partial charge in [0.25, 0.3) is 0 Å². The van der Waals surface area contributed by atoms with Gasteiger partial charge in [-0.05, 0) is 37.8 Å². The summed E-state index contributed by atoms with van der Waals surface area (Å²) in [5, 5.41) is 10.8. The van der Waals surface area contributed by atoms with Gasteiger partial charge in [0.2, 0.25) is 0 Å². The predicted molar refractivity (Wildman–Crippen MR) is 82.2 cm³/mol. The van der Waals surface area contributed by atoms with Gasteiger partial charge in [0, 0.05) is 0 Å². The Bertz CT molecular complexity index is 525. The first-order chi connectivity index (χ1) is 9.62.